The molecule has 3 aliphatic heterocycles. The molecular weight excluding hydrogens is 499 g/mol. The number of piperazine rings is 1. The molecule has 3 aromatic carbocycles. The Kier molecular flexibility index (Phi) is 6.58. The number of nitrogens with zero attached hydrogens (tertiary/aromatic N) is 3. The molecule has 6 rings (SSSR count). The van der Waals surface area contributed by atoms with Crippen LogP contribution >= 0.6 is 0 Å². The summed E-state index contributed by atoms with van der Waals surface area (Å²) in [6, 6.07) is 17.1. The zero-order valence-electron chi connectivity index (χ0n) is 21.4. The highest BCUT2D eigenvalue weighted by molar-refractivity contribution is 6.24. The van der Waals surface area contributed by atoms with E-state index in [2.05, 4.69) is 17.3 Å². The second-order valence-electron chi connectivity index (χ2n) is 9.85. The molecular formula is C30H27FN4O4. The molecule has 1 fully saturated rings. The van der Waals surface area contributed by atoms with Gasteiger partial charge in [-0.05, 0) is 60.6 Å². The first kappa shape index (κ1) is 24.8. The van der Waals surface area contributed by atoms with E-state index in [9.17, 15) is 14.0 Å². The lowest BCUT2D eigenvalue weighted by molar-refractivity contribution is -0.132. The van der Waals surface area contributed by atoms with Crippen molar-refractivity contribution >= 4 is 28.9 Å². The number of benzene rings is 3. The predicted molar refractivity (Wildman–Crippen MR) is 145 cm³/mol. The molecule has 1 N–H and O–H groups in total. The van der Waals surface area contributed by atoms with Crippen molar-refractivity contribution in [3.8, 4) is 11.5 Å². The molecule has 198 valence electrons. The zero-order valence-corrected chi connectivity index (χ0v) is 21.4. The summed E-state index contributed by atoms with van der Waals surface area (Å²) in [6.45, 7) is 3.23. The van der Waals surface area contributed by atoms with Crippen molar-refractivity contribution in [2.24, 2.45) is 4.99 Å². The van der Waals surface area contributed by atoms with E-state index in [-0.39, 0.29) is 11.8 Å². The molecule has 39 heavy (non-hydrogen) atoms. The number of anilines is 1. The highest BCUT2D eigenvalue weighted by atomic mass is 19.1. The molecule has 8 nitrogen and oxygen atoms in total. The van der Waals surface area contributed by atoms with Crippen molar-refractivity contribution < 1.29 is 23.5 Å². The maximum atomic E-state index is 13.9. The van der Waals surface area contributed by atoms with Crippen LogP contribution in [0.1, 0.15) is 22.6 Å². The maximum Gasteiger partial charge on any atom is 0.238 e. The SMILES string of the molecule is CN1CCN(C(=O)Cc2ccc(N=C(c3ccc4c(c3)OC=CO4)C3C(=O)Nc4cc(F)ccc43)cc2)CC1. The van der Waals surface area contributed by atoms with E-state index in [4.69, 9.17) is 14.5 Å². The Hall–Kier alpha value is -4.50. The molecule has 3 aliphatic rings. The number of hydrogen-bond acceptors (Lipinski definition) is 6. The normalized spacial score (nSPS) is 18.6. The second-order valence-corrected chi connectivity index (χ2v) is 9.85. The van der Waals surface area contributed by atoms with Crippen molar-refractivity contribution in [1.82, 2.24) is 9.80 Å². The summed E-state index contributed by atoms with van der Waals surface area (Å²) in [7, 11) is 2.06. The lowest BCUT2D eigenvalue weighted by Crippen LogP contribution is -2.47. The quantitative estimate of drug-likeness (QED) is 0.503. The topological polar surface area (TPSA) is 83.5 Å². The summed E-state index contributed by atoms with van der Waals surface area (Å²) in [5.74, 6) is -0.319. The van der Waals surface area contributed by atoms with Gasteiger partial charge in [-0.15, -0.1) is 0 Å². The fourth-order valence-electron chi connectivity index (χ4n) is 5.03. The van der Waals surface area contributed by atoms with E-state index in [0.29, 0.717) is 46.1 Å². The molecule has 0 aliphatic carbocycles. The average Bonchev–Trinajstić information content (AvgIpc) is 3.27. The predicted octanol–water partition coefficient (Wildman–Crippen LogP) is 4.24. The van der Waals surface area contributed by atoms with Gasteiger partial charge < -0.3 is 24.6 Å². The Morgan fingerprint density at radius 1 is 0.974 bits per heavy atom. The molecule has 3 aromatic rings. The number of rotatable bonds is 5. The van der Waals surface area contributed by atoms with Crippen molar-refractivity contribution in [3.63, 3.8) is 0 Å². The minimum atomic E-state index is -0.753. The smallest absolute Gasteiger partial charge is 0.238 e. The first-order valence-electron chi connectivity index (χ1n) is 12.8. The number of halogens is 1. The van der Waals surface area contributed by atoms with Crippen LogP contribution in [0.3, 0.4) is 0 Å². The molecule has 2 amide bonds. The van der Waals surface area contributed by atoms with Gasteiger partial charge in [0.1, 0.15) is 24.3 Å². The minimum absolute atomic E-state index is 0.108. The van der Waals surface area contributed by atoms with Crippen LogP contribution in [-0.4, -0.2) is 60.6 Å². The van der Waals surface area contributed by atoms with E-state index in [0.717, 1.165) is 31.7 Å². The van der Waals surface area contributed by atoms with Crippen LogP contribution in [0.4, 0.5) is 15.8 Å². The van der Waals surface area contributed by atoms with Crippen LogP contribution in [0.2, 0.25) is 0 Å². The summed E-state index contributed by atoms with van der Waals surface area (Å²) in [6.07, 6.45) is 3.20. The lowest BCUT2D eigenvalue weighted by Gasteiger charge is -2.32. The van der Waals surface area contributed by atoms with Gasteiger partial charge in [0.05, 0.1) is 17.8 Å². The zero-order chi connectivity index (χ0) is 26.9. The van der Waals surface area contributed by atoms with Crippen LogP contribution < -0.4 is 14.8 Å². The van der Waals surface area contributed by atoms with Crippen molar-refractivity contribution in [2.45, 2.75) is 12.3 Å². The van der Waals surface area contributed by atoms with Crippen LogP contribution in [-0.2, 0) is 16.0 Å². The molecule has 9 heteroatoms. The fraction of sp³-hybridized carbons (Fsp3) is 0.233. The molecule has 1 atom stereocenters. The number of likely N-dealkylation sites (N-methyl/N-ethyl adjacent to an activating group) is 1. The monoisotopic (exact) mass is 526 g/mol. The number of ether oxygens (including phenoxy) is 2. The van der Waals surface area contributed by atoms with Gasteiger partial charge in [-0.25, -0.2) is 4.39 Å². The second kappa shape index (κ2) is 10.3. The Morgan fingerprint density at radius 3 is 2.49 bits per heavy atom. The number of carbonyl (C=O) groups is 2. The van der Waals surface area contributed by atoms with Gasteiger partial charge in [-0.3, -0.25) is 14.6 Å². The summed E-state index contributed by atoms with van der Waals surface area (Å²) >= 11 is 0. The van der Waals surface area contributed by atoms with Gasteiger partial charge in [-0.2, -0.15) is 0 Å². The third-order valence-electron chi connectivity index (χ3n) is 7.20. The summed E-state index contributed by atoms with van der Waals surface area (Å²) < 4.78 is 25.0. The van der Waals surface area contributed by atoms with Gasteiger partial charge in [0.25, 0.3) is 0 Å². The van der Waals surface area contributed by atoms with E-state index < -0.39 is 11.7 Å². The van der Waals surface area contributed by atoms with Crippen LogP contribution in [0.25, 0.3) is 0 Å². The van der Waals surface area contributed by atoms with E-state index in [1.165, 1.54) is 24.7 Å². The molecule has 0 radical (unpaired) electrons. The van der Waals surface area contributed by atoms with Gasteiger partial charge in [0, 0.05) is 37.4 Å². The number of hydrogen-bond donors (Lipinski definition) is 1. The van der Waals surface area contributed by atoms with Crippen LogP contribution in [0.5, 0.6) is 11.5 Å². The highest BCUT2D eigenvalue weighted by Gasteiger charge is 2.36. The number of aliphatic imine (C=N–C) groups is 1. The van der Waals surface area contributed by atoms with Gasteiger partial charge in [0.2, 0.25) is 11.8 Å². The van der Waals surface area contributed by atoms with E-state index in [1.54, 1.807) is 18.2 Å². The lowest BCUT2D eigenvalue weighted by atomic mass is 9.90. The molecule has 1 saturated heterocycles. The third-order valence-corrected chi connectivity index (χ3v) is 7.20. The van der Waals surface area contributed by atoms with Gasteiger partial charge >= 0.3 is 0 Å². The molecule has 1 unspecified atom stereocenters. The number of carbonyl (C=O) groups excluding carboxylic acids is 2. The summed E-state index contributed by atoms with van der Waals surface area (Å²) in [5.41, 5.74) is 3.74. The largest absolute Gasteiger partial charge is 0.458 e. The van der Waals surface area contributed by atoms with Crippen LogP contribution in [0, 0.1) is 5.82 Å². The van der Waals surface area contributed by atoms with E-state index in [1.807, 2.05) is 35.2 Å². The molecule has 0 saturated carbocycles. The number of nitrogens with one attached hydrogen (secondary N) is 1. The van der Waals surface area contributed by atoms with Gasteiger partial charge in [0.15, 0.2) is 11.5 Å². The number of fused-ring (bicyclic) bond motifs is 2. The molecule has 0 aromatic heterocycles. The standard InChI is InChI=1S/C30H27FN4O4/c1-34-10-12-35(13-11-34)27(36)16-19-2-6-22(7-3-19)32-29(20-4-9-25-26(17-20)39-15-14-38-25)28-23-8-5-21(31)18-24(23)33-30(28)37/h2-9,14-15,17-18,28H,10-13,16H2,1H3,(H,33,37). The van der Waals surface area contributed by atoms with Crippen molar-refractivity contribution in [3.05, 3.63) is 95.7 Å². The Balaban J connectivity index is 1.32. The van der Waals surface area contributed by atoms with Crippen molar-refractivity contribution in [2.75, 3.05) is 38.5 Å². The number of amides is 2. The third kappa shape index (κ3) is 5.13. The molecule has 0 spiro atoms. The highest BCUT2D eigenvalue weighted by Crippen LogP contribution is 2.39. The molecule has 0 bridgehead atoms. The first-order valence-corrected chi connectivity index (χ1v) is 12.8. The van der Waals surface area contributed by atoms with Crippen LogP contribution in [0.15, 0.2) is 78.2 Å². The van der Waals surface area contributed by atoms with Gasteiger partial charge in [-0.1, -0.05) is 18.2 Å². The first-order chi connectivity index (χ1) is 18.9. The van der Waals surface area contributed by atoms with Crippen molar-refractivity contribution in [1.29, 1.82) is 0 Å². The Labute approximate surface area is 225 Å². The fourth-order valence-corrected chi connectivity index (χ4v) is 5.03. The van der Waals surface area contributed by atoms with E-state index >= 15 is 0 Å². The Morgan fingerprint density at radius 2 is 1.72 bits per heavy atom. The molecule has 3 heterocycles. The average molecular weight is 527 g/mol. The summed E-state index contributed by atoms with van der Waals surface area (Å²) in [4.78, 5) is 34.9. The maximum absolute atomic E-state index is 13.9. The Bertz CT molecular complexity index is 1490. The minimum Gasteiger partial charge on any atom is -0.458 e. The summed E-state index contributed by atoms with van der Waals surface area (Å²) in [5, 5.41) is 2.78.